The third kappa shape index (κ3) is 5.42. The predicted octanol–water partition coefficient (Wildman–Crippen LogP) is 1.77. The normalized spacial score (nSPS) is 19.9. The monoisotopic (exact) mass is 231 g/mol. The molecule has 0 aliphatic heterocycles. The van der Waals surface area contributed by atoms with Crippen LogP contribution in [0.25, 0.3) is 0 Å². The van der Waals surface area contributed by atoms with Gasteiger partial charge in [-0.3, -0.25) is 4.79 Å². The number of thiol groups is 1. The summed E-state index contributed by atoms with van der Waals surface area (Å²) in [5, 5.41) is 2.54. The van der Waals surface area contributed by atoms with E-state index in [1.54, 1.807) is 6.92 Å². The number of carbonyl (C=O) groups excluding carboxylic acids is 1. The zero-order valence-electron chi connectivity index (χ0n) is 9.37. The molecule has 1 fully saturated rings. The van der Waals surface area contributed by atoms with Crippen molar-refractivity contribution in [2.75, 3.05) is 13.2 Å². The van der Waals surface area contributed by atoms with E-state index in [-0.39, 0.29) is 11.2 Å². The van der Waals surface area contributed by atoms with Gasteiger partial charge >= 0.3 is 0 Å². The van der Waals surface area contributed by atoms with Gasteiger partial charge in [0.1, 0.15) is 0 Å². The van der Waals surface area contributed by atoms with Crippen LogP contribution < -0.4 is 5.32 Å². The molecule has 0 spiro atoms. The van der Waals surface area contributed by atoms with Crippen LogP contribution in [0.3, 0.4) is 0 Å². The fourth-order valence-corrected chi connectivity index (χ4v) is 1.87. The van der Waals surface area contributed by atoms with Gasteiger partial charge in [-0.25, -0.2) is 0 Å². The minimum atomic E-state index is -0.236. The molecule has 0 bridgehead atoms. The Morgan fingerprint density at radius 2 is 2.13 bits per heavy atom. The highest BCUT2D eigenvalue weighted by molar-refractivity contribution is 7.81. The first-order valence-corrected chi connectivity index (χ1v) is 6.29. The van der Waals surface area contributed by atoms with Gasteiger partial charge in [-0.15, -0.1) is 0 Å². The molecule has 1 unspecified atom stereocenters. The van der Waals surface area contributed by atoms with Crippen LogP contribution in [0.2, 0.25) is 0 Å². The Kier molecular flexibility index (Phi) is 6.10. The summed E-state index contributed by atoms with van der Waals surface area (Å²) >= 11 is 4.04. The molecule has 1 aliphatic rings. The van der Waals surface area contributed by atoms with Crippen molar-refractivity contribution >= 4 is 18.5 Å². The van der Waals surface area contributed by atoms with Crippen LogP contribution in [0.4, 0.5) is 0 Å². The van der Waals surface area contributed by atoms with E-state index in [9.17, 15) is 4.79 Å². The predicted molar refractivity (Wildman–Crippen MR) is 64.3 cm³/mol. The van der Waals surface area contributed by atoms with E-state index < -0.39 is 0 Å². The molecule has 88 valence electrons. The lowest BCUT2D eigenvalue weighted by atomic mass is 9.98. The lowest BCUT2D eigenvalue weighted by Gasteiger charge is -2.22. The number of ether oxygens (including phenoxy) is 1. The van der Waals surface area contributed by atoms with Crippen molar-refractivity contribution in [3.05, 3.63) is 0 Å². The molecule has 0 saturated heterocycles. The van der Waals surface area contributed by atoms with E-state index in [2.05, 4.69) is 17.9 Å². The Balaban J connectivity index is 1.98. The Hall–Kier alpha value is -0.220. The average molecular weight is 231 g/mol. The number of amides is 1. The van der Waals surface area contributed by atoms with E-state index in [1.165, 1.54) is 32.1 Å². The molecular formula is C11H21NO2S. The van der Waals surface area contributed by atoms with Gasteiger partial charge in [0.25, 0.3) is 0 Å². The third-order valence-electron chi connectivity index (χ3n) is 2.69. The quantitative estimate of drug-likeness (QED) is 0.559. The smallest absolute Gasteiger partial charge is 0.232 e. The topological polar surface area (TPSA) is 38.3 Å². The Morgan fingerprint density at radius 1 is 1.47 bits per heavy atom. The van der Waals surface area contributed by atoms with Crippen molar-refractivity contribution in [1.29, 1.82) is 0 Å². The van der Waals surface area contributed by atoms with Gasteiger partial charge in [-0.1, -0.05) is 19.3 Å². The first-order valence-electron chi connectivity index (χ1n) is 5.77. The zero-order chi connectivity index (χ0) is 11.1. The van der Waals surface area contributed by atoms with E-state index >= 15 is 0 Å². The second-order valence-electron chi connectivity index (χ2n) is 4.10. The number of nitrogens with one attached hydrogen (secondary N) is 1. The van der Waals surface area contributed by atoms with Crippen molar-refractivity contribution in [2.24, 2.45) is 0 Å². The highest BCUT2D eigenvalue weighted by atomic mass is 32.1. The highest BCUT2D eigenvalue weighted by Gasteiger charge is 2.13. The fourth-order valence-electron chi connectivity index (χ4n) is 1.78. The molecule has 0 heterocycles. The summed E-state index contributed by atoms with van der Waals surface area (Å²) in [6.07, 6.45) is 6.68. The first-order chi connectivity index (χ1) is 7.20. The van der Waals surface area contributed by atoms with E-state index in [0.29, 0.717) is 19.3 Å². The summed E-state index contributed by atoms with van der Waals surface area (Å²) < 4.78 is 5.67. The molecule has 1 atom stereocenters. The number of carbonyl (C=O) groups is 1. The second-order valence-corrected chi connectivity index (χ2v) is 4.87. The molecule has 15 heavy (non-hydrogen) atoms. The lowest BCUT2D eigenvalue weighted by molar-refractivity contribution is -0.120. The van der Waals surface area contributed by atoms with Crippen LogP contribution in [0, 0.1) is 0 Å². The number of rotatable bonds is 5. The summed E-state index contributed by atoms with van der Waals surface area (Å²) in [4.78, 5) is 11.2. The van der Waals surface area contributed by atoms with Gasteiger partial charge < -0.3 is 10.1 Å². The molecule has 0 aromatic rings. The van der Waals surface area contributed by atoms with Gasteiger partial charge in [-0.2, -0.15) is 12.6 Å². The van der Waals surface area contributed by atoms with Crippen LogP contribution in [0.5, 0.6) is 0 Å². The Morgan fingerprint density at radius 3 is 2.73 bits per heavy atom. The molecule has 1 rings (SSSR count). The molecule has 3 nitrogen and oxygen atoms in total. The van der Waals surface area contributed by atoms with Crippen LogP contribution in [0.1, 0.15) is 39.0 Å². The third-order valence-corrected chi connectivity index (χ3v) is 2.92. The maximum atomic E-state index is 11.2. The lowest BCUT2D eigenvalue weighted by Crippen LogP contribution is -2.33. The second kappa shape index (κ2) is 7.12. The minimum absolute atomic E-state index is 0.0226. The summed E-state index contributed by atoms with van der Waals surface area (Å²) in [7, 11) is 0. The zero-order valence-corrected chi connectivity index (χ0v) is 10.3. The summed E-state index contributed by atoms with van der Waals surface area (Å²) in [6, 6.07) is 0. The molecule has 0 aromatic heterocycles. The molecule has 1 N–H and O–H groups in total. The standard InChI is InChI=1S/C11H21NO2S/c1-9(15)11(13)12-7-8-14-10-5-3-2-4-6-10/h9-10,15H,2-8H2,1H3,(H,12,13). The molecule has 1 aliphatic carbocycles. The molecule has 0 radical (unpaired) electrons. The molecule has 0 aromatic carbocycles. The van der Waals surface area contributed by atoms with Gasteiger partial charge in [0.2, 0.25) is 5.91 Å². The van der Waals surface area contributed by atoms with Crippen LogP contribution in [-0.2, 0) is 9.53 Å². The van der Waals surface area contributed by atoms with Gasteiger partial charge in [0, 0.05) is 6.54 Å². The van der Waals surface area contributed by atoms with Crippen LogP contribution in [0.15, 0.2) is 0 Å². The van der Waals surface area contributed by atoms with Crippen LogP contribution >= 0.6 is 12.6 Å². The molecule has 4 heteroatoms. The maximum Gasteiger partial charge on any atom is 0.232 e. The van der Waals surface area contributed by atoms with E-state index in [0.717, 1.165) is 0 Å². The average Bonchev–Trinajstić information content (AvgIpc) is 2.25. The van der Waals surface area contributed by atoms with Crippen LogP contribution in [-0.4, -0.2) is 30.4 Å². The fraction of sp³-hybridized carbons (Fsp3) is 0.909. The molecular weight excluding hydrogens is 210 g/mol. The Labute approximate surface area is 97.4 Å². The van der Waals surface area contributed by atoms with Crippen molar-refractivity contribution in [3.8, 4) is 0 Å². The number of hydrogen-bond donors (Lipinski definition) is 2. The Bertz CT molecular complexity index is 191. The number of hydrogen-bond acceptors (Lipinski definition) is 3. The summed E-state index contributed by atoms with van der Waals surface area (Å²) in [5.74, 6) is -0.0226. The van der Waals surface area contributed by atoms with Gasteiger partial charge in [0.15, 0.2) is 0 Å². The van der Waals surface area contributed by atoms with Gasteiger partial charge in [-0.05, 0) is 19.8 Å². The largest absolute Gasteiger partial charge is 0.376 e. The van der Waals surface area contributed by atoms with Crippen molar-refractivity contribution < 1.29 is 9.53 Å². The molecule has 1 amide bonds. The van der Waals surface area contributed by atoms with Crippen molar-refractivity contribution in [3.63, 3.8) is 0 Å². The molecule has 1 saturated carbocycles. The highest BCUT2D eigenvalue weighted by Crippen LogP contribution is 2.19. The maximum absolute atomic E-state index is 11.2. The first kappa shape index (κ1) is 12.8. The van der Waals surface area contributed by atoms with E-state index in [1.807, 2.05) is 0 Å². The van der Waals surface area contributed by atoms with E-state index in [4.69, 9.17) is 4.74 Å². The van der Waals surface area contributed by atoms with Gasteiger partial charge in [0.05, 0.1) is 18.0 Å². The van der Waals surface area contributed by atoms with Crippen molar-refractivity contribution in [2.45, 2.75) is 50.4 Å². The van der Waals surface area contributed by atoms with Crippen molar-refractivity contribution in [1.82, 2.24) is 5.32 Å². The SMILES string of the molecule is CC(S)C(=O)NCCOC1CCCCC1. The summed E-state index contributed by atoms with van der Waals surface area (Å²) in [6.45, 7) is 2.98. The minimum Gasteiger partial charge on any atom is -0.376 e. The summed E-state index contributed by atoms with van der Waals surface area (Å²) in [5.41, 5.74) is 0.